The van der Waals surface area contributed by atoms with E-state index < -0.39 is 6.10 Å². The van der Waals surface area contributed by atoms with Crippen LogP contribution in [0.2, 0.25) is 0 Å². The lowest BCUT2D eigenvalue weighted by Gasteiger charge is -2.11. The smallest absolute Gasteiger partial charge is 0.126 e. The Morgan fingerprint density at radius 2 is 2.00 bits per heavy atom. The quantitative estimate of drug-likeness (QED) is 0.779. The minimum Gasteiger partial charge on any atom is -0.469 e. The highest BCUT2D eigenvalue weighted by Gasteiger charge is 2.20. The lowest BCUT2D eigenvalue weighted by atomic mass is 10.1. The molecule has 1 atom stereocenters. The van der Waals surface area contributed by atoms with E-state index >= 15 is 0 Å². The van der Waals surface area contributed by atoms with Crippen LogP contribution in [0.4, 0.5) is 0 Å². The first-order chi connectivity index (χ1) is 9.27. The number of furan rings is 1. The van der Waals surface area contributed by atoms with Crippen LogP contribution in [-0.2, 0) is 0 Å². The number of aliphatic hydroxyl groups is 1. The van der Waals surface area contributed by atoms with E-state index in [4.69, 9.17) is 4.42 Å². The number of para-hydroxylation sites is 1. The molecule has 0 saturated heterocycles. The van der Waals surface area contributed by atoms with Gasteiger partial charge in [0.05, 0.1) is 23.8 Å². The standard InChI is InChI=1S/C14H13N3O2/c1-10-12(7-8-19-10)14(18)13-9-15-16-17(13)11-5-3-2-4-6-11/h2-9,14,18H,1H3. The number of aromatic nitrogens is 3. The Hall–Kier alpha value is -2.40. The maximum atomic E-state index is 10.4. The highest BCUT2D eigenvalue weighted by Crippen LogP contribution is 2.26. The topological polar surface area (TPSA) is 64.1 Å². The molecule has 0 aliphatic carbocycles. The van der Waals surface area contributed by atoms with Gasteiger partial charge in [-0.05, 0) is 25.1 Å². The third-order valence-electron chi connectivity index (χ3n) is 3.05. The third kappa shape index (κ3) is 2.04. The van der Waals surface area contributed by atoms with Crippen LogP contribution >= 0.6 is 0 Å². The van der Waals surface area contributed by atoms with Crippen molar-refractivity contribution < 1.29 is 9.52 Å². The molecule has 1 N–H and O–H groups in total. The van der Waals surface area contributed by atoms with Gasteiger partial charge in [-0.2, -0.15) is 0 Å². The fourth-order valence-electron chi connectivity index (χ4n) is 2.04. The van der Waals surface area contributed by atoms with Crippen molar-refractivity contribution in [2.45, 2.75) is 13.0 Å². The summed E-state index contributed by atoms with van der Waals surface area (Å²) in [6.45, 7) is 1.81. The van der Waals surface area contributed by atoms with Gasteiger partial charge in [0.1, 0.15) is 11.9 Å². The Balaban J connectivity index is 2.04. The Kier molecular flexibility index (Phi) is 2.89. The highest BCUT2D eigenvalue weighted by atomic mass is 16.3. The molecule has 3 aromatic rings. The van der Waals surface area contributed by atoms with Crippen molar-refractivity contribution in [3.05, 3.63) is 65.9 Å². The van der Waals surface area contributed by atoms with E-state index in [2.05, 4.69) is 10.3 Å². The van der Waals surface area contributed by atoms with Crippen LogP contribution in [0.25, 0.3) is 5.69 Å². The second-order valence-corrected chi connectivity index (χ2v) is 4.24. The average molecular weight is 255 g/mol. The number of nitrogens with zero attached hydrogens (tertiary/aromatic N) is 3. The summed E-state index contributed by atoms with van der Waals surface area (Å²) < 4.78 is 6.84. The summed E-state index contributed by atoms with van der Waals surface area (Å²) in [5.74, 6) is 0.688. The molecule has 2 heterocycles. The molecule has 0 aliphatic heterocycles. The van der Waals surface area contributed by atoms with E-state index in [0.717, 1.165) is 11.3 Å². The van der Waals surface area contributed by atoms with Gasteiger partial charge in [0.15, 0.2) is 0 Å². The van der Waals surface area contributed by atoms with Crippen molar-refractivity contribution in [2.75, 3.05) is 0 Å². The minimum absolute atomic E-state index is 0.607. The van der Waals surface area contributed by atoms with Crippen LogP contribution in [0, 0.1) is 6.92 Å². The van der Waals surface area contributed by atoms with E-state index in [0.29, 0.717) is 11.5 Å². The van der Waals surface area contributed by atoms with Gasteiger partial charge < -0.3 is 9.52 Å². The summed E-state index contributed by atoms with van der Waals surface area (Å²) in [6, 6.07) is 11.3. The normalized spacial score (nSPS) is 12.5. The first kappa shape index (κ1) is 11.7. The summed E-state index contributed by atoms with van der Waals surface area (Å²) in [7, 11) is 0. The zero-order chi connectivity index (χ0) is 13.2. The number of hydrogen-bond acceptors (Lipinski definition) is 4. The molecule has 0 spiro atoms. The predicted molar refractivity (Wildman–Crippen MR) is 68.9 cm³/mol. The molecule has 0 fully saturated rings. The van der Waals surface area contributed by atoms with Gasteiger partial charge in [-0.25, -0.2) is 4.68 Å². The summed E-state index contributed by atoms with van der Waals surface area (Å²) >= 11 is 0. The van der Waals surface area contributed by atoms with Crippen LogP contribution in [0.15, 0.2) is 53.3 Å². The van der Waals surface area contributed by atoms with Gasteiger partial charge in [-0.15, -0.1) is 5.10 Å². The maximum Gasteiger partial charge on any atom is 0.126 e. The number of benzene rings is 1. The number of rotatable bonds is 3. The fraction of sp³-hybridized carbons (Fsp3) is 0.143. The minimum atomic E-state index is -0.811. The summed E-state index contributed by atoms with van der Waals surface area (Å²) in [5, 5.41) is 18.3. The second-order valence-electron chi connectivity index (χ2n) is 4.24. The molecule has 19 heavy (non-hydrogen) atoms. The van der Waals surface area contributed by atoms with E-state index in [1.165, 1.54) is 0 Å². The molecule has 1 unspecified atom stereocenters. The van der Waals surface area contributed by atoms with E-state index in [-0.39, 0.29) is 0 Å². The molecule has 0 aliphatic rings. The lowest BCUT2D eigenvalue weighted by molar-refractivity contribution is 0.209. The Morgan fingerprint density at radius 1 is 1.21 bits per heavy atom. The molecule has 1 aromatic carbocycles. The zero-order valence-electron chi connectivity index (χ0n) is 10.4. The van der Waals surface area contributed by atoms with Crippen LogP contribution in [0.5, 0.6) is 0 Å². The fourth-order valence-corrected chi connectivity index (χ4v) is 2.04. The van der Waals surface area contributed by atoms with Gasteiger partial charge in [-0.1, -0.05) is 23.4 Å². The zero-order valence-corrected chi connectivity index (χ0v) is 10.4. The molecule has 5 nitrogen and oxygen atoms in total. The highest BCUT2D eigenvalue weighted by molar-refractivity contribution is 5.34. The van der Waals surface area contributed by atoms with Crippen LogP contribution < -0.4 is 0 Å². The molecular formula is C14H13N3O2. The first-order valence-electron chi connectivity index (χ1n) is 5.95. The van der Waals surface area contributed by atoms with E-state index in [1.54, 1.807) is 23.2 Å². The maximum absolute atomic E-state index is 10.4. The third-order valence-corrected chi connectivity index (χ3v) is 3.05. The molecular weight excluding hydrogens is 242 g/mol. The Bertz CT molecular complexity index is 673. The summed E-state index contributed by atoms with van der Waals surface area (Å²) in [6.07, 6.45) is 2.31. The van der Waals surface area contributed by atoms with Crippen molar-refractivity contribution in [3.63, 3.8) is 0 Å². The lowest BCUT2D eigenvalue weighted by Crippen LogP contribution is -2.08. The Morgan fingerprint density at radius 3 is 2.68 bits per heavy atom. The van der Waals surface area contributed by atoms with Crippen molar-refractivity contribution >= 4 is 0 Å². The molecule has 5 heteroatoms. The van der Waals surface area contributed by atoms with Gasteiger partial charge in [-0.3, -0.25) is 0 Å². The molecule has 3 rings (SSSR count). The van der Waals surface area contributed by atoms with Gasteiger partial charge in [0, 0.05) is 5.56 Å². The number of hydrogen-bond donors (Lipinski definition) is 1. The van der Waals surface area contributed by atoms with Crippen molar-refractivity contribution in [1.82, 2.24) is 15.0 Å². The molecule has 0 radical (unpaired) electrons. The van der Waals surface area contributed by atoms with Crippen molar-refractivity contribution in [3.8, 4) is 5.69 Å². The molecule has 96 valence electrons. The molecule has 2 aromatic heterocycles. The summed E-state index contributed by atoms with van der Waals surface area (Å²) in [5.41, 5.74) is 2.19. The molecule has 0 amide bonds. The van der Waals surface area contributed by atoms with Gasteiger partial charge >= 0.3 is 0 Å². The number of aliphatic hydroxyl groups excluding tert-OH is 1. The average Bonchev–Trinajstić information content (AvgIpc) is 3.07. The van der Waals surface area contributed by atoms with E-state index in [9.17, 15) is 5.11 Å². The van der Waals surface area contributed by atoms with Crippen molar-refractivity contribution in [1.29, 1.82) is 0 Å². The summed E-state index contributed by atoms with van der Waals surface area (Å²) in [4.78, 5) is 0. The first-order valence-corrected chi connectivity index (χ1v) is 5.95. The van der Waals surface area contributed by atoms with Crippen LogP contribution in [0.3, 0.4) is 0 Å². The monoisotopic (exact) mass is 255 g/mol. The molecule has 0 saturated carbocycles. The van der Waals surface area contributed by atoms with Crippen LogP contribution in [0.1, 0.15) is 23.1 Å². The number of aryl methyl sites for hydroxylation is 1. The largest absolute Gasteiger partial charge is 0.469 e. The van der Waals surface area contributed by atoms with E-state index in [1.807, 2.05) is 37.3 Å². The van der Waals surface area contributed by atoms with Crippen molar-refractivity contribution in [2.24, 2.45) is 0 Å². The van der Waals surface area contributed by atoms with Crippen LogP contribution in [-0.4, -0.2) is 20.1 Å². The van der Waals surface area contributed by atoms with Gasteiger partial charge in [0.25, 0.3) is 0 Å². The SMILES string of the molecule is Cc1occc1C(O)c1cnnn1-c1ccccc1. The Labute approximate surface area is 110 Å². The molecule has 0 bridgehead atoms. The predicted octanol–water partition coefficient (Wildman–Crippen LogP) is 2.25. The second kappa shape index (κ2) is 4.70. The van der Waals surface area contributed by atoms with Gasteiger partial charge in [0.2, 0.25) is 0 Å².